The van der Waals surface area contributed by atoms with Crippen molar-refractivity contribution in [2.45, 2.75) is 65.2 Å². The third-order valence-electron chi connectivity index (χ3n) is 4.31. The lowest BCUT2D eigenvalue weighted by Gasteiger charge is -2.10. The fraction of sp³-hybridized carbons (Fsp3) is 0.455. The lowest BCUT2D eigenvalue weighted by Crippen LogP contribution is -1.92. The van der Waals surface area contributed by atoms with Crippen molar-refractivity contribution in [1.82, 2.24) is 0 Å². The van der Waals surface area contributed by atoms with Gasteiger partial charge in [-0.05, 0) is 71.5 Å². The van der Waals surface area contributed by atoms with Gasteiger partial charge in [0.1, 0.15) is 23.0 Å². The van der Waals surface area contributed by atoms with Crippen LogP contribution in [0.15, 0.2) is 24.3 Å². The van der Waals surface area contributed by atoms with Crippen LogP contribution in [0.25, 0.3) is 0 Å². The van der Waals surface area contributed by atoms with Crippen molar-refractivity contribution in [3.8, 4) is 23.0 Å². The number of benzene rings is 2. The maximum atomic E-state index is 9.54. The van der Waals surface area contributed by atoms with E-state index in [1.807, 2.05) is 0 Å². The summed E-state index contributed by atoms with van der Waals surface area (Å²) in [6.45, 7) is 4.28. The number of phenols is 4. The Kier molecular flexibility index (Phi) is 11.5. The molecule has 0 spiro atoms. The van der Waals surface area contributed by atoms with E-state index in [0.717, 1.165) is 53.2 Å². The van der Waals surface area contributed by atoms with Crippen molar-refractivity contribution >= 4 is 34.2 Å². The Morgan fingerprint density at radius 2 is 1.29 bits per heavy atom. The predicted molar refractivity (Wildman–Crippen MR) is 124 cm³/mol. The maximum Gasteiger partial charge on any atom is 0.138 e. The second-order valence-corrected chi connectivity index (χ2v) is 8.25. The van der Waals surface area contributed by atoms with Gasteiger partial charge in [-0.3, -0.25) is 0 Å². The van der Waals surface area contributed by atoms with E-state index in [4.69, 9.17) is 11.6 Å². The van der Waals surface area contributed by atoms with Gasteiger partial charge in [-0.15, -0.1) is 0 Å². The van der Waals surface area contributed by atoms with Crippen molar-refractivity contribution in [1.29, 1.82) is 0 Å². The van der Waals surface area contributed by atoms with E-state index in [9.17, 15) is 20.4 Å². The molecule has 0 saturated heterocycles. The van der Waals surface area contributed by atoms with Crippen molar-refractivity contribution < 1.29 is 20.4 Å². The molecular formula is C22H30ClIO4. The second-order valence-electron chi connectivity index (χ2n) is 6.79. The summed E-state index contributed by atoms with van der Waals surface area (Å²) in [6, 6.07) is 6.04. The number of halogens is 2. The molecule has 6 heteroatoms. The molecular weight excluding hydrogens is 491 g/mol. The van der Waals surface area contributed by atoms with Crippen LogP contribution in [0.5, 0.6) is 23.0 Å². The highest BCUT2D eigenvalue weighted by atomic mass is 127. The van der Waals surface area contributed by atoms with Crippen LogP contribution in [0.1, 0.15) is 63.5 Å². The summed E-state index contributed by atoms with van der Waals surface area (Å²) in [5, 5.41) is 37.8. The zero-order valence-electron chi connectivity index (χ0n) is 16.5. The quantitative estimate of drug-likeness (QED) is 0.225. The van der Waals surface area contributed by atoms with Gasteiger partial charge in [-0.1, -0.05) is 51.1 Å². The zero-order valence-corrected chi connectivity index (χ0v) is 19.4. The van der Waals surface area contributed by atoms with Crippen LogP contribution in [0, 0.1) is 3.57 Å². The van der Waals surface area contributed by atoms with Crippen LogP contribution in [-0.2, 0) is 12.8 Å². The fourth-order valence-electron chi connectivity index (χ4n) is 2.81. The first-order valence-electron chi connectivity index (χ1n) is 9.70. The summed E-state index contributed by atoms with van der Waals surface area (Å²) in [6.07, 6.45) is 8.50. The Morgan fingerprint density at radius 3 is 1.82 bits per heavy atom. The van der Waals surface area contributed by atoms with Gasteiger partial charge in [-0.25, -0.2) is 0 Å². The third-order valence-corrected chi connectivity index (χ3v) is 5.94. The average molecular weight is 521 g/mol. The predicted octanol–water partition coefficient (Wildman–Crippen LogP) is 6.92. The summed E-state index contributed by atoms with van der Waals surface area (Å²) in [7, 11) is 0. The van der Waals surface area contributed by atoms with Crippen LogP contribution in [0.2, 0.25) is 5.02 Å². The van der Waals surface area contributed by atoms with Crippen LogP contribution in [0.3, 0.4) is 0 Å². The highest BCUT2D eigenvalue weighted by Gasteiger charge is 2.13. The first-order chi connectivity index (χ1) is 13.3. The Balaban J connectivity index is 0.000000283. The van der Waals surface area contributed by atoms with Crippen LogP contribution < -0.4 is 0 Å². The zero-order chi connectivity index (χ0) is 21.1. The highest BCUT2D eigenvalue weighted by molar-refractivity contribution is 14.1. The number of phenolic OH excluding ortho intramolecular Hbond substituents is 4. The maximum absolute atomic E-state index is 9.54. The number of hydrogen-bond acceptors (Lipinski definition) is 4. The van der Waals surface area contributed by atoms with Gasteiger partial charge in [0.05, 0.1) is 8.59 Å². The van der Waals surface area contributed by atoms with Gasteiger partial charge >= 0.3 is 0 Å². The molecule has 2 rings (SSSR count). The molecule has 0 bridgehead atoms. The molecule has 0 aliphatic heterocycles. The largest absolute Gasteiger partial charge is 0.508 e. The van der Waals surface area contributed by atoms with Crippen LogP contribution in [-0.4, -0.2) is 20.4 Å². The van der Waals surface area contributed by atoms with Gasteiger partial charge in [0.2, 0.25) is 0 Å². The standard InChI is InChI=1S/C11H14ClIO2.C11H16O2/c1-2-3-4-5-7-10(12)8(14)6-9(15)11(7)13;1-2-3-4-5-9-6-10(12)8-11(13)7-9/h6,14-15H,2-5H2,1H3;6-8,12-13H,2-5H2,1H3. The minimum atomic E-state index is -0.0407. The highest BCUT2D eigenvalue weighted by Crippen LogP contribution is 2.37. The molecule has 0 aliphatic rings. The summed E-state index contributed by atoms with van der Waals surface area (Å²) in [4.78, 5) is 0. The Bertz CT molecular complexity index is 703. The van der Waals surface area contributed by atoms with E-state index in [2.05, 4.69) is 36.4 Å². The first kappa shape index (κ1) is 24.7. The molecule has 2 aromatic carbocycles. The Labute approximate surface area is 186 Å². The van der Waals surface area contributed by atoms with Gasteiger partial charge in [-0.2, -0.15) is 0 Å². The summed E-state index contributed by atoms with van der Waals surface area (Å²) >= 11 is 8.04. The Hall–Kier alpha value is -1.34. The van der Waals surface area contributed by atoms with Gasteiger partial charge < -0.3 is 20.4 Å². The second kappa shape index (κ2) is 13.0. The number of aromatic hydroxyl groups is 4. The van der Waals surface area contributed by atoms with Crippen molar-refractivity contribution in [2.75, 3.05) is 0 Å². The number of rotatable bonds is 8. The monoisotopic (exact) mass is 520 g/mol. The molecule has 0 saturated carbocycles. The SMILES string of the molecule is CCCCCc1c(Cl)c(O)cc(O)c1I.CCCCCc1cc(O)cc(O)c1. The number of aryl methyl sites for hydroxylation is 1. The molecule has 0 fully saturated rings. The van der Waals surface area contributed by atoms with Gasteiger partial charge in [0, 0.05) is 12.1 Å². The molecule has 0 atom stereocenters. The lowest BCUT2D eigenvalue weighted by atomic mass is 10.1. The molecule has 4 N–H and O–H groups in total. The van der Waals surface area contributed by atoms with Crippen molar-refractivity contribution in [3.05, 3.63) is 44.0 Å². The average Bonchev–Trinajstić information content (AvgIpc) is 2.63. The topological polar surface area (TPSA) is 80.9 Å². The molecule has 0 radical (unpaired) electrons. The van der Waals surface area contributed by atoms with Gasteiger partial charge in [0.15, 0.2) is 0 Å². The molecule has 0 aliphatic carbocycles. The van der Waals surface area contributed by atoms with Crippen LogP contribution in [0.4, 0.5) is 0 Å². The summed E-state index contributed by atoms with van der Waals surface area (Å²) < 4.78 is 0.742. The molecule has 0 amide bonds. The molecule has 156 valence electrons. The number of unbranched alkanes of at least 4 members (excludes halogenated alkanes) is 4. The Morgan fingerprint density at radius 1 is 0.750 bits per heavy atom. The lowest BCUT2D eigenvalue weighted by molar-refractivity contribution is 0.446. The van der Waals surface area contributed by atoms with E-state index in [1.165, 1.54) is 25.0 Å². The van der Waals surface area contributed by atoms with E-state index in [1.54, 1.807) is 12.1 Å². The van der Waals surface area contributed by atoms with E-state index in [0.29, 0.717) is 5.02 Å². The first-order valence-corrected chi connectivity index (χ1v) is 11.2. The molecule has 4 nitrogen and oxygen atoms in total. The minimum Gasteiger partial charge on any atom is -0.508 e. The summed E-state index contributed by atoms with van der Waals surface area (Å²) in [5.74, 6) is 0.350. The molecule has 0 aromatic heterocycles. The van der Waals surface area contributed by atoms with Crippen molar-refractivity contribution in [3.63, 3.8) is 0 Å². The van der Waals surface area contributed by atoms with Gasteiger partial charge in [0.25, 0.3) is 0 Å². The molecule has 0 heterocycles. The molecule has 28 heavy (non-hydrogen) atoms. The van der Waals surface area contributed by atoms with E-state index < -0.39 is 0 Å². The summed E-state index contributed by atoms with van der Waals surface area (Å²) in [5.41, 5.74) is 1.86. The molecule has 2 aromatic rings. The van der Waals surface area contributed by atoms with Crippen molar-refractivity contribution in [2.24, 2.45) is 0 Å². The number of hydrogen-bond donors (Lipinski definition) is 4. The third kappa shape index (κ3) is 8.35. The van der Waals surface area contributed by atoms with Crippen LogP contribution >= 0.6 is 34.2 Å². The smallest absolute Gasteiger partial charge is 0.138 e. The fourth-order valence-corrected chi connectivity index (χ4v) is 3.91. The molecule has 0 unspecified atom stereocenters. The van der Waals surface area contributed by atoms with E-state index in [-0.39, 0.29) is 23.0 Å². The normalized spacial score (nSPS) is 10.4. The minimum absolute atomic E-state index is 0.0407. The van der Waals surface area contributed by atoms with E-state index >= 15 is 0 Å².